The van der Waals surface area contributed by atoms with E-state index in [1.807, 2.05) is 6.92 Å². The van der Waals surface area contributed by atoms with E-state index >= 15 is 0 Å². The number of halogens is 1. The molecule has 8 nitrogen and oxygen atoms in total. The van der Waals surface area contributed by atoms with Crippen LogP contribution in [0.3, 0.4) is 0 Å². The second-order valence-electron chi connectivity index (χ2n) is 5.41. The van der Waals surface area contributed by atoms with Crippen molar-refractivity contribution in [2.75, 3.05) is 20.8 Å². The number of aromatic nitrogens is 2. The Labute approximate surface area is 150 Å². The van der Waals surface area contributed by atoms with Gasteiger partial charge in [0.2, 0.25) is 17.6 Å². The Morgan fingerprint density at radius 3 is 2.80 bits per heavy atom. The maximum atomic E-state index is 11.8. The highest BCUT2D eigenvalue weighted by Crippen LogP contribution is 2.38. The summed E-state index contributed by atoms with van der Waals surface area (Å²) in [6.07, 6.45) is 0.565. The van der Waals surface area contributed by atoms with Crippen LogP contribution in [0.5, 0.6) is 11.5 Å². The molecule has 2 aromatic rings. The molecular formula is C16H21ClN4O4. The average Bonchev–Trinajstić information content (AvgIpc) is 3.08. The molecule has 0 saturated carbocycles. The Kier molecular flexibility index (Phi) is 6.60. The van der Waals surface area contributed by atoms with Gasteiger partial charge in [0.15, 0.2) is 11.5 Å². The molecule has 0 aliphatic rings. The molecule has 1 aromatic carbocycles. The molecule has 0 fully saturated rings. The summed E-state index contributed by atoms with van der Waals surface area (Å²) >= 11 is 6.18. The predicted molar refractivity (Wildman–Crippen MR) is 92.8 cm³/mol. The highest BCUT2D eigenvalue weighted by Gasteiger charge is 2.16. The molecule has 0 bridgehead atoms. The lowest BCUT2D eigenvalue weighted by Crippen LogP contribution is -2.37. The molecule has 1 aromatic heterocycles. The molecule has 1 heterocycles. The summed E-state index contributed by atoms with van der Waals surface area (Å²) in [4.78, 5) is 16.0. The number of aryl methyl sites for hydroxylation is 1. The third-order valence-electron chi connectivity index (χ3n) is 3.49. The number of carbonyl (C=O) groups excluding carboxylic acids is 1. The number of amides is 1. The van der Waals surface area contributed by atoms with Crippen molar-refractivity contribution in [3.63, 3.8) is 0 Å². The Balaban J connectivity index is 2.08. The van der Waals surface area contributed by atoms with Crippen molar-refractivity contribution >= 4 is 17.5 Å². The van der Waals surface area contributed by atoms with Crippen LogP contribution < -0.4 is 20.5 Å². The number of hydrogen-bond donors (Lipinski definition) is 2. The molecule has 0 aliphatic carbocycles. The first-order valence-corrected chi connectivity index (χ1v) is 8.10. The molecule has 0 aliphatic heterocycles. The van der Waals surface area contributed by atoms with E-state index in [0.717, 1.165) is 0 Å². The Bertz CT molecular complexity index is 735. The zero-order valence-electron chi connectivity index (χ0n) is 14.3. The highest BCUT2D eigenvalue weighted by atomic mass is 35.5. The summed E-state index contributed by atoms with van der Waals surface area (Å²) in [5, 5.41) is 7.07. The number of carbonyl (C=O) groups is 1. The number of hydrogen-bond acceptors (Lipinski definition) is 7. The number of ether oxygens (including phenoxy) is 2. The van der Waals surface area contributed by atoms with Gasteiger partial charge in [-0.3, -0.25) is 4.79 Å². The van der Waals surface area contributed by atoms with Crippen LogP contribution in [0.25, 0.3) is 11.4 Å². The first kappa shape index (κ1) is 19.0. The number of nitrogens with zero attached hydrogens (tertiary/aromatic N) is 2. The lowest BCUT2D eigenvalue weighted by molar-refractivity contribution is -0.121. The maximum absolute atomic E-state index is 11.8. The zero-order chi connectivity index (χ0) is 18.4. The van der Waals surface area contributed by atoms with Crippen LogP contribution in [0.15, 0.2) is 16.7 Å². The zero-order valence-corrected chi connectivity index (χ0v) is 15.1. The van der Waals surface area contributed by atoms with Gasteiger partial charge in [0.1, 0.15) is 0 Å². The molecule has 2 rings (SSSR count). The lowest BCUT2D eigenvalue weighted by atomic mass is 10.2. The third-order valence-corrected chi connectivity index (χ3v) is 3.77. The number of nitrogens with one attached hydrogen (secondary N) is 1. The van der Waals surface area contributed by atoms with E-state index in [9.17, 15) is 4.79 Å². The molecule has 3 N–H and O–H groups in total. The fourth-order valence-electron chi connectivity index (χ4n) is 2.15. The van der Waals surface area contributed by atoms with Crippen LogP contribution in [-0.2, 0) is 11.2 Å². The maximum Gasteiger partial charge on any atom is 0.227 e. The van der Waals surface area contributed by atoms with Gasteiger partial charge in [-0.05, 0) is 19.1 Å². The number of nitrogens with two attached hydrogens (primary N) is 1. The molecule has 136 valence electrons. The van der Waals surface area contributed by atoms with Gasteiger partial charge < -0.3 is 25.0 Å². The largest absolute Gasteiger partial charge is 0.493 e. The van der Waals surface area contributed by atoms with Crippen molar-refractivity contribution in [3.8, 4) is 22.9 Å². The minimum Gasteiger partial charge on any atom is -0.493 e. The van der Waals surface area contributed by atoms with Crippen molar-refractivity contribution in [2.24, 2.45) is 5.73 Å². The molecule has 0 unspecified atom stereocenters. The number of rotatable bonds is 8. The molecule has 1 atom stereocenters. The first-order valence-electron chi connectivity index (χ1n) is 7.72. The summed E-state index contributed by atoms with van der Waals surface area (Å²) in [6.45, 7) is 2.22. The normalized spacial score (nSPS) is 11.9. The van der Waals surface area contributed by atoms with Crippen molar-refractivity contribution in [2.45, 2.75) is 25.8 Å². The second kappa shape index (κ2) is 8.68. The van der Waals surface area contributed by atoms with Crippen LogP contribution in [0.4, 0.5) is 0 Å². The van der Waals surface area contributed by atoms with Crippen molar-refractivity contribution in [1.82, 2.24) is 15.5 Å². The molecule has 25 heavy (non-hydrogen) atoms. The van der Waals surface area contributed by atoms with Gasteiger partial charge in [-0.2, -0.15) is 4.98 Å². The Morgan fingerprint density at radius 2 is 2.16 bits per heavy atom. The van der Waals surface area contributed by atoms with E-state index in [4.69, 9.17) is 31.3 Å². The molecule has 0 spiro atoms. The predicted octanol–water partition coefficient (Wildman–Crippen LogP) is 1.80. The molecule has 9 heteroatoms. The van der Waals surface area contributed by atoms with Crippen LogP contribution >= 0.6 is 11.6 Å². The smallest absolute Gasteiger partial charge is 0.227 e. The Hall–Kier alpha value is -2.32. The molecular weight excluding hydrogens is 348 g/mol. The van der Waals surface area contributed by atoms with Crippen molar-refractivity contribution in [3.05, 3.63) is 23.0 Å². The van der Waals surface area contributed by atoms with E-state index in [-0.39, 0.29) is 18.4 Å². The van der Waals surface area contributed by atoms with Crippen molar-refractivity contribution in [1.29, 1.82) is 0 Å². The minimum absolute atomic E-state index is 0.0698. The van der Waals surface area contributed by atoms with Gasteiger partial charge in [-0.1, -0.05) is 16.8 Å². The number of benzene rings is 1. The summed E-state index contributed by atoms with van der Waals surface area (Å²) in [5.74, 6) is 1.49. The lowest BCUT2D eigenvalue weighted by Gasteiger charge is -2.10. The van der Waals surface area contributed by atoms with E-state index in [0.29, 0.717) is 46.8 Å². The molecule has 0 radical (unpaired) electrons. The minimum atomic E-state index is -0.119. The fourth-order valence-corrected chi connectivity index (χ4v) is 2.43. The molecule has 1 amide bonds. The van der Waals surface area contributed by atoms with Gasteiger partial charge in [0.05, 0.1) is 19.2 Å². The topological polar surface area (TPSA) is 112 Å². The first-order chi connectivity index (χ1) is 12.0. The van der Waals surface area contributed by atoms with Crippen LogP contribution in [0, 0.1) is 0 Å². The molecule has 0 saturated heterocycles. The van der Waals surface area contributed by atoms with Crippen LogP contribution in [0.1, 0.15) is 19.2 Å². The van der Waals surface area contributed by atoms with Gasteiger partial charge in [-0.25, -0.2) is 0 Å². The SMILES string of the molecule is COc1cc(-c2noc(CCC(=O)N[C@@H](C)CN)n2)cc(Cl)c1OC. The van der Waals surface area contributed by atoms with Crippen molar-refractivity contribution < 1.29 is 18.8 Å². The average molecular weight is 369 g/mol. The van der Waals surface area contributed by atoms with Gasteiger partial charge in [-0.15, -0.1) is 0 Å². The summed E-state index contributed by atoms with van der Waals surface area (Å²) in [6, 6.07) is 3.29. The summed E-state index contributed by atoms with van der Waals surface area (Å²) in [5.41, 5.74) is 6.09. The van der Waals surface area contributed by atoms with Gasteiger partial charge in [0, 0.05) is 31.0 Å². The van der Waals surface area contributed by atoms with Gasteiger partial charge in [0.25, 0.3) is 0 Å². The highest BCUT2D eigenvalue weighted by molar-refractivity contribution is 6.32. The van der Waals surface area contributed by atoms with Crippen LogP contribution in [-0.4, -0.2) is 42.9 Å². The quantitative estimate of drug-likeness (QED) is 0.730. The monoisotopic (exact) mass is 368 g/mol. The summed E-state index contributed by atoms with van der Waals surface area (Å²) < 4.78 is 15.6. The van der Waals surface area contributed by atoms with E-state index in [2.05, 4.69) is 15.5 Å². The van der Waals surface area contributed by atoms with E-state index < -0.39 is 0 Å². The van der Waals surface area contributed by atoms with E-state index in [1.165, 1.54) is 14.2 Å². The Morgan fingerprint density at radius 1 is 1.40 bits per heavy atom. The standard InChI is InChI=1S/C16H21ClN4O4/c1-9(8-18)19-13(22)4-5-14-20-16(21-25-14)10-6-11(17)15(24-3)12(7-10)23-2/h6-7,9H,4-5,8,18H2,1-3H3,(H,19,22)/t9-/m0/s1. The summed E-state index contributed by atoms with van der Waals surface area (Å²) in [7, 11) is 3.02. The fraction of sp³-hybridized carbons (Fsp3) is 0.438. The van der Waals surface area contributed by atoms with Gasteiger partial charge >= 0.3 is 0 Å². The number of methoxy groups -OCH3 is 2. The third kappa shape index (κ3) is 4.83. The second-order valence-corrected chi connectivity index (χ2v) is 5.82. The van der Waals surface area contributed by atoms with Crippen LogP contribution in [0.2, 0.25) is 5.02 Å². The van der Waals surface area contributed by atoms with E-state index in [1.54, 1.807) is 12.1 Å².